The predicted molar refractivity (Wildman–Crippen MR) is 117 cm³/mol. The maximum absolute atomic E-state index is 11.5. The Morgan fingerprint density at radius 3 is 2.21 bits per heavy atom. The maximum atomic E-state index is 11.5. The minimum absolute atomic E-state index is 0.0759. The number of hydrogen-bond acceptors (Lipinski definition) is 4. The van der Waals surface area contributed by atoms with Crippen molar-refractivity contribution in [2.45, 2.75) is 78.7 Å². The third-order valence-corrected chi connectivity index (χ3v) is 5.32. The fourth-order valence-corrected chi connectivity index (χ4v) is 3.35. The number of carbonyl (C=O) groups is 1. The fraction of sp³-hybridized carbons (Fsp3) is 0.480. The number of furan rings is 1. The van der Waals surface area contributed by atoms with Crippen molar-refractivity contribution in [2.75, 3.05) is 0 Å². The lowest BCUT2D eigenvalue weighted by Crippen LogP contribution is -2.12. The molecule has 1 aliphatic rings. The molecule has 2 rings (SSSR count). The summed E-state index contributed by atoms with van der Waals surface area (Å²) in [5.41, 5.74) is 5.54. The van der Waals surface area contributed by atoms with Gasteiger partial charge in [0.05, 0.1) is 18.1 Å². The van der Waals surface area contributed by atoms with Crippen LogP contribution in [0.15, 0.2) is 69.3 Å². The smallest absolute Gasteiger partial charge is 0.338 e. The minimum Gasteiger partial charge on any atom is -0.508 e. The van der Waals surface area contributed by atoms with Gasteiger partial charge in [0.25, 0.3) is 0 Å². The second kappa shape index (κ2) is 11.5. The number of aryl methyl sites for hydroxylation is 1. The molecular weight excluding hydrogens is 364 g/mol. The van der Waals surface area contributed by atoms with E-state index in [4.69, 9.17) is 9.15 Å². The van der Waals surface area contributed by atoms with Crippen molar-refractivity contribution in [3.63, 3.8) is 0 Å². The summed E-state index contributed by atoms with van der Waals surface area (Å²) in [5.74, 6) is -0.336. The molecule has 0 fully saturated rings. The van der Waals surface area contributed by atoms with Crippen LogP contribution in [0.2, 0.25) is 0 Å². The first-order valence-corrected chi connectivity index (χ1v) is 10.5. The first kappa shape index (κ1) is 22.8. The summed E-state index contributed by atoms with van der Waals surface area (Å²) in [6, 6.07) is 2.02. The standard InChI is InChI=1S/C25H34O4/c1-18(8-5-9-19(2)11-7-13-22-14-15-28-17-22)10-6-12-20(3)16-23-24(26)21(4)25(27)29-23/h8,11-12,14-15,17,23,26H,5-7,9-10,13,16H2,1-4H3/b18-8+,19-11+,20-12-/t23-/m0/s1. The van der Waals surface area contributed by atoms with Crippen molar-refractivity contribution in [1.82, 2.24) is 0 Å². The van der Waals surface area contributed by atoms with Crippen molar-refractivity contribution in [3.8, 4) is 0 Å². The van der Waals surface area contributed by atoms with Gasteiger partial charge >= 0.3 is 5.97 Å². The predicted octanol–water partition coefficient (Wildman–Crippen LogP) is 6.76. The first-order chi connectivity index (χ1) is 13.9. The first-order valence-electron chi connectivity index (χ1n) is 10.5. The Kier molecular flexibility index (Phi) is 9.04. The topological polar surface area (TPSA) is 59.7 Å². The normalized spacial score (nSPS) is 18.6. The summed E-state index contributed by atoms with van der Waals surface area (Å²) in [4.78, 5) is 11.5. The lowest BCUT2D eigenvalue weighted by molar-refractivity contribution is -0.140. The van der Waals surface area contributed by atoms with Crippen molar-refractivity contribution < 1.29 is 19.1 Å². The second-order valence-electron chi connectivity index (χ2n) is 8.01. The van der Waals surface area contributed by atoms with E-state index in [9.17, 15) is 9.90 Å². The van der Waals surface area contributed by atoms with Gasteiger partial charge in [0, 0.05) is 6.42 Å². The van der Waals surface area contributed by atoms with Crippen LogP contribution in [-0.4, -0.2) is 17.2 Å². The highest BCUT2D eigenvalue weighted by molar-refractivity contribution is 5.91. The summed E-state index contributed by atoms with van der Waals surface area (Å²) in [5, 5.41) is 9.92. The zero-order chi connectivity index (χ0) is 21.2. The van der Waals surface area contributed by atoms with Crippen LogP contribution in [0.5, 0.6) is 0 Å². The maximum Gasteiger partial charge on any atom is 0.338 e. The molecule has 0 amide bonds. The van der Waals surface area contributed by atoms with Gasteiger partial charge in [-0.25, -0.2) is 4.79 Å². The van der Waals surface area contributed by atoms with Gasteiger partial charge in [0.15, 0.2) is 6.10 Å². The Labute approximate surface area is 174 Å². The Morgan fingerprint density at radius 1 is 1.03 bits per heavy atom. The fourth-order valence-electron chi connectivity index (χ4n) is 3.35. The Hall–Kier alpha value is -2.49. The summed E-state index contributed by atoms with van der Waals surface area (Å²) in [6.45, 7) is 8.00. The average molecular weight is 399 g/mol. The number of hydrogen-bond donors (Lipinski definition) is 1. The molecule has 0 saturated carbocycles. The Bertz CT molecular complexity index is 791. The van der Waals surface area contributed by atoms with Crippen molar-refractivity contribution in [1.29, 1.82) is 0 Å². The summed E-state index contributed by atoms with van der Waals surface area (Å²) >= 11 is 0. The van der Waals surface area contributed by atoms with E-state index in [-0.39, 0.29) is 5.76 Å². The van der Waals surface area contributed by atoms with Crippen LogP contribution in [-0.2, 0) is 16.0 Å². The average Bonchev–Trinajstić information content (AvgIpc) is 3.27. The van der Waals surface area contributed by atoms with Crippen LogP contribution in [0.4, 0.5) is 0 Å². The molecule has 1 atom stereocenters. The zero-order valence-corrected chi connectivity index (χ0v) is 18.2. The number of aliphatic hydroxyl groups is 1. The van der Waals surface area contributed by atoms with Gasteiger partial charge in [-0.15, -0.1) is 0 Å². The van der Waals surface area contributed by atoms with Gasteiger partial charge in [-0.1, -0.05) is 34.9 Å². The summed E-state index contributed by atoms with van der Waals surface area (Å²) in [6.07, 6.45) is 16.6. The molecule has 0 aliphatic carbocycles. The molecule has 0 radical (unpaired) electrons. The van der Waals surface area contributed by atoms with Gasteiger partial charge in [-0.3, -0.25) is 0 Å². The number of ether oxygens (including phenoxy) is 1. The van der Waals surface area contributed by atoms with Gasteiger partial charge in [-0.05, 0) is 77.8 Å². The third kappa shape index (κ3) is 7.80. The van der Waals surface area contributed by atoms with Gasteiger partial charge in [0.1, 0.15) is 5.76 Å². The molecule has 0 aromatic carbocycles. The molecule has 1 aromatic rings. The number of carbonyl (C=O) groups excluding carboxylic acids is 1. The molecule has 1 aliphatic heterocycles. The van der Waals surface area contributed by atoms with Crippen LogP contribution in [0, 0.1) is 0 Å². The molecule has 4 nitrogen and oxygen atoms in total. The number of cyclic esters (lactones) is 1. The van der Waals surface area contributed by atoms with Crippen molar-refractivity contribution in [3.05, 3.63) is 70.4 Å². The van der Waals surface area contributed by atoms with Crippen LogP contribution < -0.4 is 0 Å². The van der Waals surface area contributed by atoms with E-state index in [0.29, 0.717) is 12.0 Å². The Balaban J connectivity index is 1.65. The molecule has 158 valence electrons. The monoisotopic (exact) mass is 398 g/mol. The highest BCUT2D eigenvalue weighted by Gasteiger charge is 2.31. The van der Waals surface area contributed by atoms with Gasteiger partial charge in [-0.2, -0.15) is 0 Å². The minimum atomic E-state index is -0.515. The van der Waals surface area contributed by atoms with E-state index in [1.54, 1.807) is 13.2 Å². The largest absolute Gasteiger partial charge is 0.508 e. The van der Waals surface area contributed by atoms with Crippen LogP contribution in [0.3, 0.4) is 0 Å². The number of esters is 1. The SMILES string of the molecule is CC1=C(O)[C@H](C/C(C)=C\CC/C(C)=C/CC/C(C)=C/CCc2ccoc2)OC1=O. The molecule has 0 unspecified atom stereocenters. The molecule has 0 saturated heterocycles. The summed E-state index contributed by atoms with van der Waals surface area (Å²) in [7, 11) is 0. The lowest BCUT2D eigenvalue weighted by atomic mass is 10.0. The Morgan fingerprint density at radius 2 is 1.66 bits per heavy atom. The van der Waals surface area contributed by atoms with Crippen molar-refractivity contribution in [2.24, 2.45) is 0 Å². The number of allylic oxidation sites excluding steroid dienone is 5. The molecule has 29 heavy (non-hydrogen) atoms. The van der Waals surface area contributed by atoms with E-state index in [0.717, 1.165) is 44.1 Å². The molecule has 4 heteroatoms. The van der Waals surface area contributed by atoms with E-state index in [1.807, 2.05) is 19.3 Å². The van der Waals surface area contributed by atoms with Crippen LogP contribution in [0.25, 0.3) is 0 Å². The molecule has 1 aromatic heterocycles. The second-order valence-corrected chi connectivity index (χ2v) is 8.01. The quantitative estimate of drug-likeness (QED) is 0.330. The molecule has 0 bridgehead atoms. The van der Waals surface area contributed by atoms with E-state index in [2.05, 4.69) is 32.1 Å². The molecular formula is C25H34O4. The molecule has 1 N–H and O–H groups in total. The number of aliphatic hydroxyl groups excluding tert-OH is 1. The van der Waals surface area contributed by atoms with E-state index < -0.39 is 12.1 Å². The molecule has 2 heterocycles. The van der Waals surface area contributed by atoms with Crippen LogP contribution in [0.1, 0.15) is 71.8 Å². The van der Waals surface area contributed by atoms with Gasteiger partial charge in [0.2, 0.25) is 0 Å². The van der Waals surface area contributed by atoms with Gasteiger partial charge < -0.3 is 14.3 Å². The highest BCUT2D eigenvalue weighted by atomic mass is 16.6. The molecule has 0 spiro atoms. The number of rotatable bonds is 11. The van der Waals surface area contributed by atoms with Crippen LogP contribution >= 0.6 is 0 Å². The zero-order valence-electron chi connectivity index (χ0n) is 18.2. The van der Waals surface area contributed by atoms with E-state index >= 15 is 0 Å². The lowest BCUT2D eigenvalue weighted by Gasteiger charge is -2.10. The van der Waals surface area contributed by atoms with Crippen molar-refractivity contribution >= 4 is 5.97 Å². The highest BCUT2D eigenvalue weighted by Crippen LogP contribution is 2.25. The van der Waals surface area contributed by atoms with E-state index in [1.165, 1.54) is 16.7 Å². The summed E-state index contributed by atoms with van der Waals surface area (Å²) < 4.78 is 10.3. The third-order valence-electron chi connectivity index (χ3n) is 5.32.